The lowest BCUT2D eigenvalue weighted by atomic mass is 10.0. The van der Waals surface area contributed by atoms with Crippen molar-refractivity contribution in [2.24, 2.45) is 4.99 Å². The average Bonchev–Trinajstić information content (AvgIpc) is 2.84. The number of anilines is 1. The van der Waals surface area contributed by atoms with E-state index in [1.807, 2.05) is 24.3 Å². The molecule has 32 heavy (non-hydrogen) atoms. The van der Waals surface area contributed by atoms with Crippen LogP contribution in [0.25, 0.3) is 0 Å². The summed E-state index contributed by atoms with van der Waals surface area (Å²) < 4.78 is 16.6. The number of hydrogen-bond donors (Lipinski definition) is 2. The van der Waals surface area contributed by atoms with Crippen LogP contribution in [0.5, 0.6) is 11.5 Å². The minimum Gasteiger partial charge on any atom is -0.497 e. The third-order valence-electron chi connectivity index (χ3n) is 5.50. The van der Waals surface area contributed by atoms with Crippen molar-refractivity contribution < 1.29 is 14.2 Å². The van der Waals surface area contributed by atoms with Crippen molar-refractivity contribution in [1.29, 1.82) is 0 Å². The van der Waals surface area contributed by atoms with Crippen LogP contribution in [0, 0.1) is 0 Å². The molecule has 0 saturated carbocycles. The van der Waals surface area contributed by atoms with Gasteiger partial charge in [0.2, 0.25) is 0 Å². The molecular formula is C25H36N4O3. The fraction of sp³-hybridized carbons (Fsp3) is 0.480. The van der Waals surface area contributed by atoms with Crippen LogP contribution in [-0.2, 0) is 11.3 Å². The molecule has 2 N–H and O–H groups in total. The number of hydrogen-bond acceptors (Lipinski definition) is 5. The van der Waals surface area contributed by atoms with Gasteiger partial charge in [-0.25, -0.2) is 0 Å². The predicted molar refractivity (Wildman–Crippen MR) is 130 cm³/mol. The summed E-state index contributed by atoms with van der Waals surface area (Å²) in [5, 5.41) is 6.94. The van der Waals surface area contributed by atoms with E-state index in [4.69, 9.17) is 14.2 Å². The fourth-order valence-corrected chi connectivity index (χ4v) is 3.76. The Kier molecular flexibility index (Phi) is 9.50. The van der Waals surface area contributed by atoms with Crippen LogP contribution < -0.4 is 25.0 Å². The molecule has 0 aromatic heterocycles. The summed E-state index contributed by atoms with van der Waals surface area (Å²) >= 11 is 0. The Labute approximate surface area is 191 Å². The van der Waals surface area contributed by atoms with Crippen molar-refractivity contribution in [3.63, 3.8) is 0 Å². The highest BCUT2D eigenvalue weighted by atomic mass is 16.5. The fourth-order valence-electron chi connectivity index (χ4n) is 3.76. The standard InChI is InChI=1S/C25H36N4O3/c1-4-26-25(27-12-15-32-19-20-8-6-5-7-9-20)28-21-10-13-29(14-11-21)22-16-23(30-2)18-24(17-22)31-3/h5-9,16-18,21H,4,10-15,19H2,1-3H3,(H2,26,27,28). The lowest BCUT2D eigenvalue weighted by Crippen LogP contribution is -2.48. The van der Waals surface area contributed by atoms with Crippen LogP contribution in [0.15, 0.2) is 53.5 Å². The van der Waals surface area contributed by atoms with E-state index < -0.39 is 0 Å². The molecule has 1 aliphatic heterocycles. The van der Waals surface area contributed by atoms with Crippen molar-refractivity contribution in [2.45, 2.75) is 32.4 Å². The van der Waals surface area contributed by atoms with Gasteiger partial charge in [0.05, 0.1) is 34.0 Å². The van der Waals surface area contributed by atoms with E-state index in [0.29, 0.717) is 25.8 Å². The first-order valence-corrected chi connectivity index (χ1v) is 11.4. The molecule has 0 bridgehead atoms. The van der Waals surface area contributed by atoms with Gasteiger partial charge in [-0.2, -0.15) is 0 Å². The van der Waals surface area contributed by atoms with Gasteiger partial charge in [-0.05, 0) is 25.3 Å². The van der Waals surface area contributed by atoms with Crippen molar-refractivity contribution >= 4 is 11.6 Å². The van der Waals surface area contributed by atoms with Gasteiger partial charge in [0.15, 0.2) is 5.96 Å². The monoisotopic (exact) mass is 440 g/mol. The molecule has 1 saturated heterocycles. The van der Waals surface area contributed by atoms with E-state index in [1.54, 1.807) is 14.2 Å². The van der Waals surface area contributed by atoms with Crippen molar-refractivity contribution in [2.75, 3.05) is 51.9 Å². The lowest BCUT2D eigenvalue weighted by Gasteiger charge is -2.34. The molecule has 2 aromatic rings. The molecule has 0 radical (unpaired) electrons. The van der Waals surface area contributed by atoms with Crippen molar-refractivity contribution in [3.8, 4) is 11.5 Å². The highest BCUT2D eigenvalue weighted by Crippen LogP contribution is 2.30. The van der Waals surface area contributed by atoms with Crippen LogP contribution in [0.2, 0.25) is 0 Å². The summed E-state index contributed by atoms with van der Waals surface area (Å²) in [5.41, 5.74) is 2.32. The van der Waals surface area contributed by atoms with Gasteiger partial charge >= 0.3 is 0 Å². The first kappa shape index (κ1) is 23.7. The van der Waals surface area contributed by atoms with Crippen LogP contribution in [0.1, 0.15) is 25.3 Å². The number of ether oxygens (including phenoxy) is 3. The van der Waals surface area contributed by atoms with E-state index in [0.717, 1.165) is 55.6 Å². The maximum absolute atomic E-state index is 5.75. The topological polar surface area (TPSA) is 67.4 Å². The van der Waals surface area contributed by atoms with Gasteiger partial charge < -0.3 is 29.7 Å². The summed E-state index contributed by atoms with van der Waals surface area (Å²) in [5.74, 6) is 2.49. The SMILES string of the molecule is CCNC(=NCCOCc1ccccc1)NC1CCN(c2cc(OC)cc(OC)c2)CC1. The molecule has 1 aliphatic rings. The smallest absolute Gasteiger partial charge is 0.191 e. The lowest BCUT2D eigenvalue weighted by molar-refractivity contribution is 0.128. The molecule has 1 heterocycles. The van der Waals surface area contributed by atoms with Crippen LogP contribution in [0.3, 0.4) is 0 Å². The molecule has 0 amide bonds. The van der Waals surface area contributed by atoms with E-state index in [-0.39, 0.29) is 0 Å². The minimum absolute atomic E-state index is 0.391. The first-order chi connectivity index (χ1) is 15.7. The summed E-state index contributed by atoms with van der Waals surface area (Å²) in [6, 6.07) is 16.6. The molecule has 7 heteroatoms. The Hall–Kier alpha value is -2.93. The Morgan fingerprint density at radius 3 is 2.34 bits per heavy atom. The Bertz CT molecular complexity index is 814. The molecule has 0 atom stereocenters. The zero-order chi connectivity index (χ0) is 22.6. The number of nitrogens with one attached hydrogen (secondary N) is 2. The number of benzene rings is 2. The van der Waals surface area contributed by atoms with E-state index in [1.165, 1.54) is 5.56 Å². The zero-order valence-electron chi connectivity index (χ0n) is 19.5. The van der Waals surface area contributed by atoms with E-state index >= 15 is 0 Å². The molecule has 3 rings (SSSR count). The Balaban J connectivity index is 1.45. The predicted octanol–water partition coefficient (Wildman–Crippen LogP) is 3.44. The first-order valence-electron chi connectivity index (χ1n) is 11.4. The Morgan fingerprint density at radius 2 is 1.72 bits per heavy atom. The number of guanidine groups is 1. The maximum Gasteiger partial charge on any atom is 0.191 e. The van der Waals surface area contributed by atoms with Gasteiger partial charge in [-0.1, -0.05) is 30.3 Å². The van der Waals surface area contributed by atoms with E-state index in [9.17, 15) is 0 Å². The van der Waals surface area contributed by atoms with Gasteiger partial charge in [0.25, 0.3) is 0 Å². The molecule has 1 fully saturated rings. The number of aliphatic imine (C=N–C) groups is 1. The maximum atomic E-state index is 5.75. The Morgan fingerprint density at radius 1 is 1.03 bits per heavy atom. The van der Waals surface area contributed by atoms with Crippen molar-refractivity contribution in [1.82, 2.24) is 10.6 Å². The second-order valence-corrected chi connectivity index (χ2v) is 7.78. The molecule has 0 aliphatic carbocycles. The third-order valence-corrected chi connectivity index (χ3v) is 5.50. The van der Waals surface area contributed by atoms with Crippen LogP contribution in [-0.4, -0.2) is 59.0 Å². The third kappa shape index (κ3) is 7.34. The highest BCUT2D eigenvalue weighted by Gasteiger charge is 2.21. The van der Waals surface area contributed by atoms with Gasteiger partial charge in [-0.3, -0.25) is 4.99 Å². The summed E-state index contributed by atoms with van der Waals surface area (Å²) in [7, 11) is 3.37. The number of rotatable bonds is 10. The summed E-state index contributed by atoms with van der Waals surface area (Å²) in [6.07, 6.45) is 2.07. The number of nitrogens with zero attached hydrogens (tertiary/aromatic N) is 2. The molecule has 0 spiro atoms. The van der Waals surface area contributed by atoms with Gasteiger partial charge in [0, 0.05) is 49.6 Å². The second-order valence-electron chi connectivity index (χ2n) is 7.78. The van der Waals surface area contributed by atoms with E-state index in [2.05, 4.69) is 51.7 Å². The molecule has 2 aromatic carbocycles. The zero-order valence-corrected chi connectivity index (χ0v) is 19.5. The summed E-state index contributed by atoms with van der Waals surface area (Å²) in [4.78, 5) is 7.06. The van der Waals surface area contributed by atoms with Gasteiger partial charge in [-0.15, -0.1) is 0 Å². The molecule has 7 nitrogen and oxygen atoms in total. The van der Waals surface area contributed by atoms with Gasteiger partial charge in [0.1, 0.15) is 11.5 Å². The summed E-state index contributed by atoms with van der Waals surface area (Å²) in [6.45, 7) is 6.70. The van der Waals surface area contributed by atoms with Crippen LogP contribution >= 0.6 is 0 Å². The molecular weight excluding hydrogens is 404 g/mol. The molecule has 174 valence electrons. The number of piperidine rings is 1. The highest BCUT2D eigenvalue weighted by molar-refractivity contribution is 5.80. The largest absolute Gasteiger partial charge is 0.497 e. The average molecular weight is 441 g/mol. The minimum atomic E-state index is 0.391. The van der Waals surface area contributed by atoms with Crippen molar-refractivity contribution in [3.05, 3.63) is 54.1 Å². The number of methoxy groups -OCH3 is 2. The quantitative estimate of drug-likeness (QED) is 0.335. The van der Waals surface area contributed by atoms with Crippen LogP contribution in [0.4, 0.5) is 5.69 Å². The molecule has 0 unspecified atom stereocenters. The normalized spacial score (nSPS) is 14.8. The second kappa shape index (κ2) is 12.8.